The SMILES string of the molecule is CC(CO/N=C(\C(=O)N[C@@H]1C(=O)N(OS(=O)(=O)O)C1(C)C)c1csc(N)n1)Oc1ccc(C(=N)N)cc1. The Bertz CT molecular complexity index is 1320. The number of carbonyl (C=O) groups excluding carboxylic acids is 2. The highest BCUT2D eigenvalue weighted by molar-refractivity contribution is 7.80. The Morgan fingerprint density at radius 2 is 2.03 bits per heavy atom. The number of ether oxygens (including phenoxy) is 1. The Labute approximate surface area is 215 Å². The molecule has 1 aliphatic heterocycles. The van der Waals surface area contributed by atoms with E-state index in [9.17, 15) is 18.0 Å². The van der Waals surface area contributed by atoms with Crippen LogP contribution in [0.5, 0.6) is 5.75 Å². The Kier molecular flexibility index (Phi) is 8.01. The van der Waals surface area contributed by atoms with E-state index in [0.717, 1.165) is 11.3 Å². The molecule has 0 saturated carbocycles. The molecule has 0 radical (unpaired) electrons. The summed E-state index contributed by atoms with van der Waals surface area (Å²) in [4.78, 5) is 34.7. The first-order chi connectivity index (χ1) is 17.2. The number of nitrogens with zero attached hydrogens (tertiary/aromatic N) is 3. The molecule has 1 aromatic carbocycles. The number of nitrogens with one attached hydrogen (secondary N) is 2. The number of thiazole rings is 1. The van der Waals surface area contributed by atoms with Gasteiger partial charge in [-0.05, 0) is 45.0 Å². The smallest absolute Gasteiger partial charge is 0.418 e. The number of carbonyl (C=O) groups is 2. The summed E-state index contributed by atoms with van der Waals surface area (Å²) in [6.07, 6.45) is -0.505. The summed E-state index contributed by atoms with van der Waals surface area (Å²) in [5.41, 5.74) is 10.1. The van der Waals surface area contributed by atoms with Crippen molar-refractivity contribution in [1.82, 2.24) is 15.4 Å². The lowest BCUT2D eigenvalue weighted by Gasteiger charge is -2.50. The van der Waals surface area contributed by atoms with Crippen molar-refractivity contribution < 1.29 is 36.4 Å². The number of oxime groups is 1. The average molecular weight is 556 g/mol. The van der Waals surface area contributed by atoms with E-state index in [-0.39, 0.29) is 29.0 Å². The second-order valence-electron chi connectivity index (χ2n) is 8.37. The third kappa shape index (κ3) is 6.70. The van der Waals surface area contributed by atoms with Gasteiger partial charge in [0.1, 0.15) is 29.4 Å². The first kappa shape index (κ1) is 27.8. The quantitative estimate of drug-likeness (QED) is 0.0816. The highest BCUT2D eigenvalue weighted by Gasteiger charge is 2.58. The maximum atomic E-state index is 13.0. The Morgan fingerprint density at radius 3 is 2.54 bits per heavy atom. The van der Waals surface area contributed by atoms with Crippen molar-refractivity contribution in [2.45, 2.75) is 38.5 Å². The average Bonchev–Trinajstić information content (AvgIpc) is 3.23. The van der Waals surface area contributed by atoms with Crippen molar-refractivity contribution in [2.75, 3.05) is 12.3 Å². The number of hydroxylamine groups is 2. The third-order valence-electron chi connectivity index (χ3n) is 5.07. The topological polar surface area (TPSA) is 233 Å². The molecule has 3 rings (SSSR count). The van der Waals surface area contributed by atoms with Gasteiger partial charge in [0.25, 0.3) is 11.8 Å². The zero-order valence-corrected chi connectivity index (χ0v) is 21.5. The number of hydrogen-bond donors (Lipinski definition) is 5. The molecule has 2 atom stereocenters. The number of nitrogen functional groups attached to an aromatic ring is 2. The molecule has 15 nitrogen and oxygen atoms in total. The minimum atomic E-state index is -4.95. The summed E-state index contributed by atoms with van der Waals surface area (Å²) < 4.78 is 40.8. The molecular weight excluding hydrogens is 530 g/mol. The number of anilines is 1. The number of amidine groups is 1. The van der Waals surface area contributed by atoms with E-state index in [2.05, 4.69) is 19.7 Å². The van der Waals surface area contributed by atoms with Crippen LogP contribution in [0.1, 0.15) is 32.0 Å². The highest BCUT2D eigenvalue weighted by Crippen LogP contribution is 2.33. The minimum Gasteiger partial charge on any atom is -0.487 e. The zero-order chi connectivity index (χ0) is 27.5. The molecule has 1 aromatic heterocycles. The van der Waals surface area contributed by atoms with Gasteiger partial charge in [0.15, 0.2) is 17.5 Å². The van der Waals surface area contributed by atoms with Crippen LogP contribution in [0.25, 0.3) is 0 Å². The van der Waals surface area contributed by atoms with E-state index in [0.29, 0.717) is 16.4 Å². The van der Waals surface area contributed by atoms with Crippen molar-refractivity contribution in [1.29, 1.82) is 5.41 Å². The van der Waals surface area contributed by atoms with Crippen molar-refractivity contribution in [2.24, 2.45) is 10.9 Å². The zero-order valence-electron chi connectivity index (χ0n) is 19.9. The van der Waals surface area contributed by atoms with E-state index >= 15 is 0 Å². The molecule has 1 unspecified atom stereocenters. The molecule has 2 heterocycles. The van der Waals surface area contributed by atoms with Gasteiger partial charge in [0.2, 0.25) is 0 Å². The predicted octanol–water partition coefficient (Wildman–Crippen LogP) is 0.0376. The number of rotatable bonds is 11. The molecule has 1 saturated heterocycles. The Hall–Kier alpha value is -3.80. The molecule has 0 spiro atoms. The lowest BCUT2D eigenvalue weighted by atomic mass is 9.84. The van der Waals surface area contributed by atoms with Crippen molar-refractivity contribution >= 4 is 50.2 Å². The van der Waals surface area contributed by atoms with E-state index in [1.165, 1.54) is 19.2 Å². The summed E-state index contributed by atoms with van der Waals surface area (Å²) in [5, 5.41) is 15.8. The van der Waals surface area contributed by atoms with Gasteiger partial charge in [-0.25, -0.2) is 4.98 Å². The molecule has 1 fully saturated rings. The minimum absolute atomic E-state index is 0.0728. The standard InChI is InChI=1S/C20H25N7O8S2/c1-10(34-12-6-4-11(5-7-12)16(21)22)8-33-26-14(13-9-36-19(23)24-13)17(28)25-15-18(29)27(20(15,2)3)35-37(30,31)32/h4-7,9-10,15H,8H2,1-3H3,(H3,21,22)(H2,23,24)(H,25,28)(H,30,31,32)/b26-14-/t10?,15-/m1/s1. The Morgan fingerprint density at radius 1 is 1.38 bits per heavy atom. The van der Waals surface area contributed by atoms with Gasteiger partial charge in [-0.2, -0.15) is 13.5 Å². The van der Waals surface area contributed by atoms with Crippen molar-refractivity contribution in [3.63, 3.8) is 0 Å². The molecule has 37 heavy (non-hydrogen) atoms. The number of β-lactam (4-membered cyclic amide) rings is 1. The maximum Gasteiger partial charge on any atom is 0.418 e. The Balaban J connectivity index is 1.68. The normalized spacial score (nSPS) is 18.1. The monoisotopic (exact) mass is 555 g/mol. The number of hydrogen-bond acceptors (Lipinski definition) is 12. The molecule has 1 aliphatic rings. The van der Waals surface area contributed by atoms with Gasteiger partial charge in [-0.3, -0.25) is 19.6 Å². The van der Waals surface area contributed by atoms with E-state index in [1.807, 2.05) is 0 Å². The number of amides is 2. The summed E-state index contributed by atoms with van der Waals surface area (Å²) in [6, 6.07) is 5.33. The van der Waals surface area contributed by atoms with Crippen LogP contribution in [0.15, 0.2) is 34.8 Å². The van der Waals surface area contributed by atoms with Crippen LogP contribution in [-0.4, -0.2) is 70.7 Å². The second kappa shape index (κ2) is 10.7. The number of nitrogens with two attached hydrogens (primary N) is 2. The third-order valence-corrected chi connectivity index (χ3v) is 6.08. The molecule has 2 amide bonds. The van der Waals surface area contributed by atoms with Crippen LogP contribution >= 0.6 is 11.3 Å². The first-order valence-electron chi connectivity index (χ1n) is 10.5. The second-order valence-corrected chi connectivity index (χ2v) is 10.3. The molecular formula is C20H25N7O8S2. The summed E-state index contributed by atoms with van der Waals surface area (Å²) in [7, 11) is -4.95. The molecule has 17 heteroatoms. The van der Waals surface area contributed by atoms with Gasteiger partial charge in [-0.1, -0.05) is 5.16 Å². The van der Waals surface area contributed by atoms with E-state index in [4.69, 9.17) is 31.0 Å². The van der Waals surface area contributed by atoms with E-state index in [1.54, 1.807) is 31.2 Å². The van der Waals surface area contributed by atoms with Gasteiger partial charge >= 0.3 is 10.4 Å². The van der Waals surface area contributed by atoms with Gasteiger partial charge in [-0.15, -0.1) is 15.6 Å². The summed E-state index contributed by atoms with van der Waals surface area (Å²) in [6.45, 7) is 4.46. The highest BCUT2D eigenvalue weighted by atomic mass is 32.3. The molecule has 0 aliphatic carbocycles. The fourth-order valence-electron chi connectivity index (χ4n) is 3.21. The largest absolute Gasteiger partial charge is 0.487 e. The van der Waals surface area contributed by atoms with Crippen LogP contribution in [0.4, 0.5) is 5.13 Å². The molecule has 2 aromatic rings. The fourth-order valence-corrected chi connectivity index (χ4v) is 4.21. The van der Waals surface area contributed by atoms with Crippen LogP contribution in [0, 0.1) is 5.41 Å². The maximum absolute atomic E-state index is 13.0. The predicted molar refractivity (Wildman–Crippen MR) is 132 cm³/mol. The number of benzene rings is 1. The first-order valence-corrected chi connectivity index (χ1v) is 12.8. The van der Waals surface area contributed by atoms with E-state index < -0.39 is 39.9 Å². The fraction of sp³-hybridized carbons (Fsp3) is 0.350. The van der Waals surface area contributed by atoms with Crippen LogP contribution in [0.2, 0.25) is 0 Å². The van der Waals surface area contributed by atoms with Crippen LogP contribution in [-0.2, 0) is 29.1 Å². The van der Waals surface area contributed by atoms with Crippen molar-refractivity contribution in [3.05, 3.63) is 40.9 Å². The summed E-state index contributed by atoms with van der Waals surface area (Å²) in [5.74, 6) is -1.34. The lowest BCUT2D eigenvalue weighted by Crippen LogP contribution is -2.76. The molecule has 200 valence electrons. The van der Waals surface area contributed by atoms with Crippen molar-refractivity contribution in [3.8, 4) is 5.75 Å². The van der Waals surface area contributed by atoms with Gasteiger partial charge in [0.05, 0.1) is 5.54 Å². The lowest BCUT2D eigenvalue weighted by molar-refractivity contribution is -0.218. The molecule has 7 N–H and O–H groups in total. The molecule has 0 bridgehead atoms. The van der Waals surface area contributed by atoms with Gasteiger partial charge in [0, 0.05) is 10.9 Å². The number of aromatic nitrogens is 1. The van der Waals surface area contributed by atoms with Crippen LogP contribution in [0.3, 0.4) is 0 Å². The summed E-state index contributed by atoms with van der Waals surface area (Å²) >= 11 is 1.05. The van der Waals surface area contributed by atoms with Crippen LogP contribution < -0.4 is 21.5 Å². The van der Waals surface area contributed by atoms with Gasteiger partial charge < -0.3 is 26.4 Å².